The summed E-state index contributed by atoms with van der Waals surface area (Å²) >= 11 is 7.29. The number of aliphatic hydroxyl groups is 1. The van der Waals surface area contributed by atoms with Crippen LogP contribution < -0.4 is 0 Å². The van der Waals surface area contributed by atoms with Crippen LogP contribution in [0.2, 0.25) is 5.02 Å². The summed E-state index contributed by atoms with van der Waals surface area (Å²) in [5.41, 5.74) is -0.179. The number of hydrogen-bond acceptors (Lipinski definition) is 3. The molecule has 1 aromatic rings. The molecule has 1 heterocycles. The van der Waals surface area contributed by atoms with Crippen molar-refractivity contribution >= 4 is 22.9 Å². The molecule has 2 nitrogen and oxygen atoms in total. The zero-order valence-corrected chi connectivity index (χ0v) is 10.9. The van der Waals surface area contributed by atoms with Gasteiger partial charge < -0.3 is 9.84 Å². The summed E-state index contributed by atoms with van der Waals surface area (Å²) in [6, 6.07) is 1.82. The van der Waals surface area contributed by atoms with Gasteiger partial charge in [-0.15, -0.1) is 11.3 Å². The highest BCUT2D eigenvalue weighted by Crippen LogP contribution is 2.30. The van der Waals surface area contributed by atoms with Gasteiger partial charge in [0.25, 0.3) is 0 Å². The number of aliphatic hydroxyl groups excluding tert-OH is 1. The minimum atomic E-state index is -0.433. The molecule has 0 aliphatic heterocycles. The quantitative estimate of drug-likeness (QED) is 0.862. The Bertz CT molecular complexity index is 309. The van der Waals surface area contributed by atoms with Crippen LogP contribution in [0.4, 0.5) is 0 Å². The van der Waals surface area contributed by atoms with Crippen molar-refractivity contribution in [1.82, 2.24) is 0 Å². The molecule has 15 heavy (non-hydrogen) atoms. The second kappa shape index (κ2) is 5.30. The van der Waals surface area contributed by atoms with Gasteiger partial charge >= 0.3 is 0 Å². The molecule has 1 aromatic heterocycles. The second-order valence-electron chi connectivity index (χ2n) is 4.19. The number of thiophene rings is 1. The predicted octanol–water partition coefficient (Wildman–Crippen LogP) is 3.64. The van der Waals surface area contributed by atoms with E-state index in [1.165, 1.54) is 11.3 Å². The van der Waals surface area contributed by atoms with Gasteiger partial charge in [0.05, 0.1) is 16.7 Å². The van der Waals surface area contributed by atoms with Crippen LogP contribution in [0.5, 0.6) is 0 Å². The highest BCUT2D eigenvalue weighted by atomic mass is 35.5. The van der Waals surface area contributed by atoms with E-state index in [4.69, 9.17) is 16.3 Å². The fourth-order valence-electron chi connectivity index (χ4n) is 1.23. The lowest BCUT2D eigenvalue weighted by Crippen LogP contribution is -2.22. The summed E-state index contributed by atoms with van der Waals surface area (Å²) in [4.78, 5) is 0.923. The van der Waals surface area contributed by atoms with E-state index in [1.807, 2.05) is 25.3 Å². The maximum Gasteiger partial charge on any atom is 0.0883 e. The Hall–Kier alpha value is -0.0900. The molecule has 0 bridgehead atoms. The number of hydrogen-bond donors (Lipinski definition) is 1. The molecule has 0 radical (unpaired) electrons. The number of rotatable bonds is 5. The average molecular weight is 249 g/mol. The van der Waals surface area contributed by atoms with Crippen molar-refractivity contribution in [2.45, 2.75) is 38.4 Å². The van der Waals surface area contributed by atoms with Gasteiger partial charge in [0, 0.05) is 17.4 Å². The summed E-state index contributed by atoms with van der Waals surface area (Å²) in [5, 5.41) is 12.4. The van der Waals surface area contributed by atoms with E-state index >= 15 is 0 Å². The molecule has 0 aromatic carbocycles. The van der Waals surface area contributed by atoms with E-state index in [0.29, 0.717) is 11.4 Å². The summed E-state index contributed by atoms with van der Waals surface area (Å²) in [6.45, 7) is 4.03. The third-order valence-electron chi connectivity index (χ3n) is 2.49. The van der Waals surface area contributed by atoms with Crippen molar-refractivity contribution in [3.63, 3.8) is 0 Å². The maximum absolute atomic E-state index is 9.89. The lowest BCUT2D eigenvalue weighted by Gasteiger charge is -2.23. The van der Waals surface area contributed by atoms with Crippen molar-refractivity contribution in [2.75, 3.05) is 7.11 Å². The highest BCUT2D eigenvalue weighted by molar-refractivity contribution is 7.10. The molecule has 1 N–H and O–H groups in total. The number of ether oxygens (including phenoxy) is 1. The molecule has 0 amide bonds. The lowest BCUT2D eigenvalue weighted by molar-refractivity contribution is 0.00310. The topological polar surface area (TPSA) is 29.5 Å². The summed E-state index contributed by atoms with van der Waals surface area (Å²) in [5.74, 6) is 0. The van der Waals surface area contributed by atoms with Gasteiger partial charge in [-0.3, -0.25) is 0 Å². The molecular formula is C11H17ClO2S. The van der Waals surface area contributed by atoms with Crippen LogP contribution in [0.25, 0.3) is 0 Å². The van der Waals surface area contributed by atoms with Crippen LogP contribution in [0, 0.1) is 0 Å². The van der Waals surface area contributed by atoms with Gasteiger partial charge in [-0.1, -0.05) is 11.6 Å². The van der Waals surface area contributed by atoms with Crippen molar-refractivity contribution < 1.29 is 9.84 Å². The molecule has 4 heteroatoms. The van der Waals surface area contributed by atoms with E-state index in [-0.39, 0.29) is 5.60 Å². The molecule has 0 aliphatic carbocycles. The SMILES string of the molecule is COC(C)(C)CCC(O)c1cc(Cl)cs1. The standard InChI is InChI=1S/C11H17ClO2S/c1-11(2,14-3)5-4-9(13)10-6-8(12)7-15-10/h6-7,9,13H,4-5H2,1-3H3. The third kappa shape index (κ3) is 4.11. The van der Waals surface area contributed by atoms with E-state index in [0.717, 1.165) is 11.3 Å². The highest BCUT2D eigenvalue weighted by Gasteiger charge is 2.19. The molecule has 1 unspecified atom stereocenters. The Morgan fingerprint density at radius 2 is 2.27 bits per heavy atom. The molecule has 86 valence electrons. The van der Waals surface area contributed by atoms with Crippen LogP contribution in [-0.4, -0.2) is 17.8 Å². The van der Waals surface area contributed by atoms with Crippen LogP contribution in [0.15, 0.2) is 11.4 Å². The van der Waals surface area contributed by atoms with Crippen molar-refractivity contribution in [2.24, 2.45) is 0 Å². The van der Waals surface area contributed by atoms with Crippen LogP contribution in [0.1, 0.15) is 37.7 Å². The zero-order chi connectivity index (χ0) is 11.5. The zero-order valence-electron chi connectivity index (χ0n) is 9.29. The Morgan fingerprint density at radius 3 is 2.73 bits per heavy atom. The van der Waals surface area contributed by atoms with E-state index < -0.39 is 6.10 Å². The Balaban J connectivity index is 2.46. The molecule has 0 saturated heterocycles. The Morgan fingerprint density at radius 1 is 1.60 bits per heavy atom. The number of methoxy groups -OCH3 is 1. The smallest absolute Gasteiger partial charge is 0.0883 e. The molecule has 1 rings (SSSR count). The monoisotopic (exact) mass is 248 g/mol. The van der Waals surface area contributed by atoms with Crippen molar-refractivity contribution in [3.05, 3.63) is 21.3 Å². The summed E-state index contributed by atoms with van der Waals surface area (Å²) in [6.07, 6.45) is 1.08. The lowest BCUT2D eigenvalue weighted by atomic mass is 9.99. The van der Waals surface area contributed by atoms with Gasteiger partial charge in [-0.25, -0.2) is 0 Å². The molecule has 0 spiro atoms. The largest absolute Gasteiger partial charge is 0.388 e. The molecule has 0 fully saturated rings. The van der Waals surface area contributed by atoms with E-state index in [9.17, 15) is 5.11 Å². The number of halogens is 1. The van der Waals surface area contributed by atoms with Gasteiger partial charge in [-0.2, -0.15) is 0 Å². The second-order valence-corrected chi connectivity index (χ2v) is 5.56. The van der Waals surface area contributed by atoms with Crippen LogP contribution >= 0.6 is 22.9 Å². The van der Waals surface area contributed by atoms with Crippen LogP contribution in [-0.2, 0) is 4.74 Å². The first kappa shape index (κ1) is 13.0. The van der Waals surface area contributed by atoms with E-state index in [1.54, 1.807) is 7.11 Å². The van der Waals surface area contributed by atoms with E-state index in [2.05, 4.69) is 0 Å². The fourth-order valence-corrected chi connectivity index (χ4v) is 2.33. The Kier molecular flexibility index (Phi) is 4.59. The normalized spacial score (nSPS) is 14.2. The van der Waals surface area contributed by atoms with Crippen molar-refractivity contribution in [3.8, 4) is 0 Å². The first-order valence-electron chi connectivity index (χ1n) is 4.92. The minimum Gasteiger partial charge on any atom is -0.388 e. The molecule has 1 atom stereocenters. The first-order chi connectivity index (χ1) is 6.94. The fraction of sp³-hybridized carbons (Fsp3) is 0.636. The maximum atomic E-state index is 9.89. The average Bonchev–Trinajstić information content (AvgIpc) is 2.61. The van der Waals surface area contributed by atoms with Gasteiger partial charge in [0.2, 0.25) is 0 Å². The molecular weight excluding hydrogens is 232 g/mol. The summed E-state index contributed by atoms with van der Waals surface area (Å²) < 4.78 is 5.30. The summed E-state index contributed by atoms with van der Waals surface area (Å²) in [7, 11) is 1.69. The van der Waals surface area contributed by atoms with Gasteiger partial charge in [0.1, 0.15) is 0 Å². The first-order valence-corrected chi connectivity index (χ1v) is 6.17. The van der Waals surface area contributed by atoms with Gasteiger partial charge in [0.15, 0.2) is 0 Å². The predicted molar refractivity (Wildman–Crippen MR) is 64.6 cm³/mol. The third-order valence-corrected chi connectivity index (χ3v) is 3.87. The van der Waals surface area contributed by atoms with Gasteiger partial charge in [-0.05, 0) is 32.8 Å². The Labute approximate surface area is 99.8 Å². The molecule has 0 aliphatic rings. The van der Waals surface area contributed by atoms with Crippen molar-refractivity contribution in [1.29, 1.82) is 0 Å². The van der Waals surface area contributed by atoms with Crippen LogP contribution in [0.3, 0.4) is 0 Å². The minimum absolute atomic E-state index is 0.179. The molecule has 0 saturated carbocycles.